The van der Waals surface area contributed by atoms with Crippen molar-refractivity contribution in [3.63, 3.8) is 0 Å². The number of benzene rings is 2. The predicted molar refractivity (Wildman–Crippen MR) is 93.3 cm³/mol. The number of hydrogen-bond donors (Lipinski definition) is 2. The normalized spacial score (nSPS) is 20.5. The summed E-state index contributed by atoms with van der Waals surface area (Å²) in [6.07, 6.45) is 0.898. The summed E-state index contributed by atoms with van der Waals surface area (Å²) < 4.78 is 64.5. The van der Waals surface area contributed by atoms with Crippen LogP contribution in [0.5, 0.6) is 0 Å². The van der Waals surface area contributed by atoms with Crippen LogP contribution in [0.15, 0.2) is 36.4 Å². The molecule has 8 heteroatoms. The molecular weight excluding hydrogens is 365 g/mol. The Kier molecular flexibility index (Phi) is 5.36. The summed E-state index contributed by atoms with van der Waals surface area (Å²) in [5, 5.41) is 8.30. The third-order valence-electron chi connectivity index (χ3n) is 4.63. The highest BCUT2D eigenvalue weighted by Crippen LogP contribution is 2.29. The third kappa shape index (κ3) is 4.44. The van der Waals surface area contributed by atoms with Gasteiger partial charge in [-0.25, -0.2) is 26.7 Å². The fourth-order valence-corrected chi connectivity index (χ4v) is 4.46. The van der Waals surface area contributed by atoms with E-state index in [4.69, 9.17) is 5.14 Å². The number of nitrogens with two attached hydrogens (primary N) is 1. The molecule has 0 unspecified atom stereocenters. The third-order valence-corrected chi connectivity index (χ3v) is 5.52. The Morgan fingerprint density at radius 2 is 1.81 bits per heavy atom. The summed E-state index contributed by atoms with van der Waals surface area (Å²) >= 11 is 0. The average molecular weight is 384 g/mol. The quantitative estimate of drug-likeness (QED) is 0.832. The lowest BCUT2D eigenvalue weighted by atomic mass is 9.93. The van der Waals surface area contributed by atoms with Gasteiger partial charge in [-0.2, -0.15) is 0 Å². The van der Waals surface area contributed by atoms with Crippen molar-refractivity contribution >= 4 is 10.0 Å². The summed E-state index contributed by atoms with van der Waals surface area (Å²) in [6.45, 7) is 0.626. The molecule has 2 atom stereocenters. The number of sulfonamides is 1. The van der Waals surface area contributed by atoms with Crippen molar-refractivity contribution in [2.75, 3.05) is 12.3 Å². The lowest BCUT2D eigenvalue weighted by Gasteiger charge is -2.19. The van der Waals surface area contributed by atoms with Crippen LogP contribution in [0, 0.1) is 23.4 Å². The van der Waals surface area contributed by atoms with Gasteiger partial charge in [-0.1, -0.05) is 18.2 Å². The molecule has 0 spiro atoms. The second kappa shape index (κ2) is 7.38. The van der Waals surface area contributed by atoms with Gasteiger partial charge in [0.1, 0.15) is 17.5 Å². The molecule has 1 fully saturated rings. The molecule has 2 aromatic carbocycles. The van der Waals surface area contributed by atoms with Gasteiger partial charge < -0.3 is 5.32 Å². The van der Waals surface area contributed by atoms with E-state index in [1.165, 1.54) is 6.07 Å². The first-order valence-corrected chi connectivity index (χ1v) is 9.92. The van der Waals surface area contributed by atoms with Crippen LogP contribution in [-0.2, 0) is 16.4 Å². The summed E-state index contributed by atoms with van der Waals surface area (Å²) in [5.74, 6) is -2.51. The van der Waals surface area contributed by atoms with Crippen LogP contribution >= 0.6 is 0 Å². The monoisotopic (exact) mass is 384 g/mol. The second-order valence-corrected chi connectivity index (χ2v) is 8.24. The molecule has 1 aliphatic rings. The van der Waals surface area contributed by atoms with Crippen molar-refractivity contribution in [3.05, 3.63) is 59.4 Å². The molecule has 1 saturated heterocycles. The zero-order valence-electron chi connectivity index (χ0n) is 13.9. The van der Waals surface area contributed by atoms with E-state index in [0.717, 1.165) is 18.2 Å². The smallest absolute Gasteiger partial charge is 0.209 e. The van der Waals surface area contributed by atoms with E-state index < -0.39 is 27.5 Å². The molecule has 0 aliphatic carbocycles. The fourth-order valence-electron chi connectivity index (χ4n) is 3.47. The van der Waals surface area contributed by atoms with Crippen LogP contribution in [0.2, 0.25) is 0 Å². The standard InChI is InChI=1S/C18H19F3N2O2S/c19-14-6-13(7-15(20)9-14)16-3-1-2-11(18(16)21)8-17-12(4-5-23-17)10-26(22,24)25/h1-3,6-7,9,12,17,23H,4-5,8,10H2,(H2,22,24,25)/t12-,17+/m1/s1. The predicted octanol–water partition coefficient (Wildman–Crippen LogP) is 2.58. The van der Waals surface area contributed by atoms with Crippen LogP contribution in [-0.4, -0.2) is 26.8 Å². The highest BCUT2D eigenvalue weighted by Gasteiger charge is 2.30. The minimum atomic E-state index is -3.62. The van der Waals surface area contributed by atoms with E-state index in [-0.39, 0.29) is 35.3 Å². The molecule has 3 rings (SSSR count). The van der Waals surface area contributed by atoms with Crippen molar-refractivity contribution in [3.8, 4) is 11.1 Å². The highest BCUT2D eigenvalue weighted by molar-refractivity contribution is 7.89. The first kappa shape index (κ1) is 18.9. The minimum Gasteiger partial charge on any atom is -0.313 e. The van der Waals surface area contributed by atoms with Gasteiger partial charge in [-0.15, -0.1) is 0 Å². The highest BCUT2D eigenvalue weighted by atomic mass is 32.2. The van der Waals surface area contributed by atoms with Crippen molar-refractivity contribution < 1.29 is 21.6 Å². The van der Waals surface area contributed by atoms with E-state index >= 15 is 0 Å². The largest absolute Gasteiger partial charge is 0.313 e. The Morgan fingerprint density at radius 1 is 1.12 bits per heavy atom. The molecular formula is C18H19F3N2O2S. The van der Waals surface area contributed by atoms with Crippen molar-refractivity contribution in [1.29, 1.82) is 0 Å². The number of halogens is 3. The van der Waals surface area contributed by atoms with Gasteiger partial charge in [0.05, 0.1) is 5.75 Å². The van der Waals surface area contributed by atoms with E-state index in [9.17, 15) is 21.6 Å². The molecule has 0 aromatic heterocycles. The molecule has 1 heterocycles. The maximum absolute atomic E-state index is 14.9. The SMILES string of the molecule is NS(=O)(=O)C[C@H]1CCN[C@H]1Cc1cccc(-c2cc(F)cc(F)c2)c1F. The van der Waals surface area contributed by atoms with Gasteiger partial charge in [-0.05, 0) is 48.6 Å². The van der Waals surface area contributed by atoms with E-state index in [2.05, 4.69) is 5.32 Å². The van der Waals surface area contributed by atoms with Gasteiger partial charge in [0.15, 0.2) is 0 Å². The zero-order chi connectivity index (χ0) is 18.9. The van der Waals surface area contributed by atoms with Gasteiger partial charge in [0.25, 0.3) is 0 Å². The number of nitrogens with one attached hydrogen (secondary N) is 1. The Labute approximate surface area is 150 Å². The first-order chi connectivity index (χ1) is 12.2. The molecule has 140 valence electrons. The summed E-state index contributed by atoms with van der Waals surface area (Å²) in [6, 6.07) is 7.29. The van der Waals surface area contributed by atoms with Gasteiger partial charge in [-0.3, -0.25) is 0 Å². The van der Waals surface area contributed by atoms with E-state index in [1.54, 1.807) is 12.1 Å². The molecule has 2 aromatic rings. The molecule has 0 radical (unpaired) electrons. The Bertz CT molecular complexity index is 898. The zero-order valence-corrected chi connectivity index (χ0v) is 14.7. The minimum absolute atomic E-state index is 0.0990. The molecule has 0 saturated carbocycles. The molecule has 26 heavy (non-hydrogen) atoms. The fraction of sp³-hybridized carbons (Fsp3) is 0.333. The van der Waals surface area contributed by atoms with Crippen molar-refractivity contribution in [2.24, 2.45) is 11.1 Å². The van der Waals surface area contributed by atoms with E-state index in [0.29, 0.717) is 18.5 Å². The molecule has 0 amide bonds. The molecule has 4 nitrogen and oxygen atoms in total. The van der Waals surface area contributed by atoms with Crippen molar-refractivity contribution in [1.82, 2.24) is 5.32 Å². The van der Waals surface area contributed by atoms with Crippen LogP contribution < -0.4 is 10.5 Å². The number of hydrogen-bond acceptors (Lipinski definition) is 3. The molecule has 3 N–H and O–H groups in total. The summed E-state index contributed by atoms with van der Waals surface area (Å²) in [5.41, 5.74) is 0.565. The lowest BCUT2D eigenvalue weighted by Crippen LogP contribution is -2.35. The van der Waals surface area contributed by atoms with Crippen LogP contribution in [0.3, 0.4) is 0 Å². The summed E-state index contributed by atoms with van der Waals surface area (Å²) in [7, 11) is -3.62. The number of rotatable bonds is 5. The summed E-state index contributed by atoms with van der Waals surface area (Å²) in [4.78, 5) is 0. The van der Waals surface area contributed by atoms with Crippen molar-refractivity contribution in [2.45, 2.75) is 18.9 Å². The van der Waals surface area contributed by atoms with Gasteiger partial charge >= 0.3 is 0 Å². The second-order valence-electron chi connectivity index (χ2n) is 6.58. The van der Waals surface area contributed by atoms with Crippen LogP contribution in [0.25, 0.3) is 11.1 Å². The van der Waals surface area contributed by atoms with Crippen LogP contribution in [0.1, 0.15) is 12.0 Å². The number of primary sulfonamides is 1. The maximum atomic E-state index is 14.9. The molecule has 1 aliphatic heterocycles. The first-order valence-electron chi connectivity index (χ1n) is 8.20. The van der Waals surface area contributed by atoms with Gasteiger partial charge in [0.2, 0.25) is 10.0 Å². The van der Waals surface area contributed by atoms with Crippen LogP contribution in [0.4, 0.5) is 13.2 Å². The maximum Gasteiger partial charge on any atom is 0.209 e. The topological polar surface area (TPSA) is 72.2 Å². The van der Waals surface area contributed by atoms with Gasteiger partial charge in [0, 0.05) is 17.7 Å². The van der Waals surface area contributed by atoms with E-state index in [1.807, 2.05) is 0 Å². The Hall–Kier alpha value is -1.90. The average Bonchev–Trinajstić information content (AvgIpc) is 2.93. The lowest BCUT2D eigenvalue weighted by molar-refractivity contribution is 0.466. The molecule has 0 bridgehead atoms. The Morgan fingerprint density at radius 3 is 2.46 bits per heavy atom. The Balaban J connectivity index is 1.88.